The topological polar surface area (TPSA) is 79.2 Å². The van der Waals surface area contributed by atoms with E-state index < -0.39 is 0 Å². The number of nitrogens with one attached hydrogen (secondary N) is 1. The van der Waals surface area contributed by atoms with Crippen LogP contribution in [0.3, 0.4) is 0 Å². The first-order valence-corrected chi connectivity index (χ1v) is 9.33. The van der Waals surface area contributed by atoms with Crippen molar-refractivity contribution in [1.82, 2.24) is 30.0 Å². The summed E-state index contributed by atoms with van der Waals surface area (Å²) in [6, 6.07) is 2.58. The summed E-state index contributed by atoms with van der Waals surface area (Å²) in [5.74, 6) is 0.954. The molecule has 1 aliphatic rings. The fourth-order valence-corrected chi connectivity index (χ4v) is 3.41. The second-order valence-corrected chi connectivity index (χ2v) is 7.52. The predicted molar refractivity (Wildman–Crippen MR) is 105 cm³/mol. The second kappa shape index (κ2) is 7.64. The standard InChI is InChI=1S/C19H29N7O/c1-12-13(2)21-17(19(27)24(4)5)22-18(12)26-10-7-15(11-26)20-14(3)16-8-9-25(6)23-16/h8-9,14-15,20H,7,10-11H2,1-6H3/t14?,15-/m1/s1. The third-order valence-electron chi connectivity index (χ3n) is 5.11. The average Bonchev–Trinajstić information content (AvgIpc) is 3.25. The number of aryl methyl sites for hydroxylation is 2. The second-order valence-electron chi connectivity index (χ2n) is 7.52. The molecule has 1 unspecified atom stereocenters. The van der Waals surface area contributed by atoms with Gasteiger partial charge in [0.05, 0.1) is 5.69 Å². The molecule has 8 nitrogen and oxygen atoms in total. The summed E-state index contributed by atoms with van der Waals surface area (Å²) in [6.45, 7) is 7.84. The van der Waals surface area contributed by atoms with Gasteiger partial charge >= 0.3 is 0 Å². The van der Waals surface area contributed by atoms with Gasteiger partial charge in [-0.2, -0.15) is 5.10 Å². The number of hydrogen-bond acceptors (Lipinski definition) is 6. The summed E-state index contributed by atoms with van der Waals surface area (Å²) in [5.41, 5.74) is 2.93. The van der Waals surface area contributed by atoms with Crippen LogP contribution in [-0.2, 0) is 7.05 Å². The maximum absolute atomic E-state index is 12.3. The highest BCUT2D eigenvalue weighted by Gasteiger charge is 2.28. The van der Waals surface area contributed by atoms with E-state index in [0.29, 0.717) is 6.04 Å². The minimum atomic E-state index is -0.169. The molecule has 0 aromatic carbocycles. The van der Waals surface area contributed by atoms with Crippen LogP contribution in [0.25, 0.3) is 0 Å². The van der Waals surface area contributed by atoms with Crippen LogP contribution in [0.4, 0.5) is 5.82 Å². The highest BCUT2D eigenvalue weighted by molar-refractivity contribution is 5.90. The molecule has 2 aromatic rings. The predicted octanol–water partition coefficient (Wildman–Crippen LogP) is 1.46. The molecular formula is C19H29N7O. The molecule has 8 heteroatoms. The zero-order chi connectivity index (χ0) is 19.7. The number of carbonyl (C=O) groups is 1. The number of carbonyl (C=O) groups excluding carboxylic acids is 1. The molecule has 1 amide bonds. The summed E-state index contributed by atoms with van der Waals surface area (Å²) in [7, 11) is 5.37. The Balaban J connectivity index is 1.73. The molecule has 1 N–H and O–H groups in total. The van der Waals surface area contributed by atoms with Crippen molar-refractivity contribution < 1.29 is 4.79 Å². The molecule has 0 saturated carbocycles. The molecule has 0 bridgehead atoms. The SMILES string of the molecule is Cc1nc(C(=O)N(C)C)nc(N2CC[C@@H](NC(C)c3ccn(C)n3)C2)c1C. The van der Waals surface area contributed by atoms with Crippen LogP contribution in [0.15, 0.2) is 12.3 Å². The highest BCUT2D eigenvalue weighted by Crippen LogP contribution is 2.25. The molecule has 1 fully saturated rings. The smallest absolute Gasteiger partial charge is 0.291 e. The van der Waals surface area contributed by atoms with E-state index in [2.05, 4.69) is 32.2 Å². The van der Waals surface area contributed by atoms with Crippen molar-refractivity contribution in [2.75, 3.05) is 32.1 Å². The zero-order valence-corrected chi connectivity index (χ0v) is 17.0. The first-order valence-electron chi connectivity index (χ1n) is 9.33. The van der Waals surface area contributed by atoms with Crippen LogP contribution in [0.2, 0.25) is 0 Å². The summed E-state index contributed by atoms with van der Waals surface area (Å²) < 4.78 is 1.82. The van der Waals surface area contributed by atoms with E-state index in [1.807, 2.05) is 37.8 Å². The molecule has 0 spiro atoms. The third kappa shape index (κ3) is 4.10. The van der Waals surface area contributed by atoms with Gasteiger partial charge in [-0.15, -0.1) is 0 Å². The van der Waals surface area contributed by atoms with Crippen LogP contribution in [0.5, 0.6) is 0 Å². The Labute approximate surface area is 160 Å². The molecule has 146 valence electrons. The fourth-order valence-electron chi connectivity index (χ4n) is 3.41. The van der Waals surface area contributed by atoms with Crippen LogP contribution in [0.1, 0.15) is 47.0 Å². The monoisotopic (exact) mass is 371 g/mol. The Bertz CT molecular complexity index is 829. The maximum atomic E-state index is 12.3. The first-order chi connectivity index (χ1) is 12.8. The van der Waals surface area contributed by atoms with E-state index in [1.165, 1.54) is 4.90 Å². The number of hydrogen-bond donors (Lipinski definition) is 1. The Hall–Kier alpha value is -2.48. The van der Waals surface area contributed by atoms with Crippen LogP contribution in [-0.4, -0.2) is 63.8 Å². The Morgan fingerprint density at radius 3 is 2.70 bits per heavy atom. The third-order valence-corrected chi connectivity index (χ3v) is 5.11. The van der Waals surface area contributed by atoms with Crippen LogP contribution < -0.4 is 10.2 Å². The fraction of sp³-hybridized carbons (Fsp3) is 0.579. The number of nitrogens with zero attached hydrogens (tertiary/aromatic N) is 6. The minimum absolute atomic E-state index is 0.169. The quantitative estimate of drug-likeness (QED) is 0.857. The van der Waals surface area contributed by atoms with Gasteiger partial charge in [-0.1, -0.05) is 0 Å². The summed E-state index contributed by atoms with van der Waals surface area (Å²) >= 11 is 0. The van der Waals surface area contributed by atoms with Crippen molar-refractivity contribution in [3.8, 4) is 0 Å². The first kappa shape index (κ1) is 19.3. The van der Waals surface area contributed by atoms with Crippen molar-refractivity contribution >= 4 is 11.7 Å². The Morgan fingerprint density at radius 2 is 2.07 bits per heavy atom. The lowest BCUT2D eigenvalue weighted by Crippen LogP contribution is -2.35. The average molecular weight is 371 g/mol. The number of rotatable bonds is 5. The van der Waals surface area contributed by atoms with E-state index in [4.69, 9.17) is 0 Å². The molecular weight excluding hydrogens is 342 g/mol. The summed E-state index contributed by atoms with van der Waals surface area (Å²) in [5, 5.41) is 8.14. The Kier molecular flexibility index (Phi) is 5.46. The van der Waals surface area contributed by atoms with E-state index in [1.54, 1.807) is 14.1 Å². The zero-order valence-electron chi connectivity index (χ0n) is 17.0. The lowest BCUT2D eigenvalue weighted by Gasteiger charge is -2.23. The number of anilines is 1. The van der Waals surface area contributed by atoms with Crippen molar-refractivity contribution in [1.29, 1.82) is 0 Å². The molecule has 1 aliphatic heterocycles. The largest absolute Gasteiger partial charge is 0.355 e. The van der Waals surface area contributed by atoms with Gasteiger partial charge in [0.25, 0.3) is 5.91 Å². The highest BCUT2D eigenvalue weighted by atomic mass is 16.2. The van der Waals surface area contributed by atoms with Crippen molar-refractivity contribution in [2.45, 2.75) is 39.3 Å². The van der Waals surface area contributed by atoms with Gasteiger partial charge < -0.3 is 15.1 Å². The molecule has 2 atom stereocenters. The van der Waals surface area contributed by atoms with Gasteiger partial charge in [0.2, 0.25) is 5.82 Å². The maximum Gasteiger partial charge on any atom is 0.291 e. The summed E-state index contributed by atoms with van der Waals surface area (Å²) in [6.07, 6.45) is 2.99. The van der Waals surface area contributed by atoms with E-state index in [-0.39, 0.29) is 17.8 Å². The van der Waals surface area contributed by atoms with Crippen molar-refractivity contribution in [3.63, 3.8) is 0 Å². The Morgan fingerprint density at radius 1 is 1.33 bits per heavy atom. The molecule has 1 saturated heterocycles. The van der Waals surface area contributed by atoms with Crippen LogP contribution in [0, 0.1) is 13.8 Å². The van der Waals surface area contributed by atoms with Crippen molar-refractivity contribution in [3.05, 3.63) is 35.0 Å². The van der Waals surface area contributed by atoms with Crippen LogP contribution >= 0.6 is 0 Å². The van der Waals surface area contributed by atoms with Gasteiger partial charge in [-0.25, -0.2) is 9.97 Å². The normalized spacial score (nSPS) is 18.0. The molecule has 2 aromatic heterocycles. The molecule has 0 aliphatic carbocycles. The molecule has 3 rings (SSSR count). The number of aromatic nitrogens is 4. The lowest BCUT2D eigenvalue weighted by atomic mass is 10.2. The van der Waals surface area contributed by atoms with E-state index in [9.17, 15) is 4.79 Å². The number of amides is 1. The van der Waals surface area contributed by atoms with Gasteiger partial charge in [0, 0.05) is 63.8 Å². The summed E-state index contributed by atoms with van der Waals surface area (Å²) in [4.78, 5) is 25.0. The van der Waals surface area contributed by atoms with Gasteiger partial charge in [-0.05, 0) is 33.3 Å². The molecule has 3 heterocycles. The molecule has 0 radical (unpaired) electrons. The minimum Gasteiger partial charge on any atom is -0.355 e. The van der Waals surface area contributed by atoms with E-state index >= 15 is 0 Å². The van der Waals surface area contributed by atoms with E-state index in [0.717, 1.165) is 42.3 Å². The lowest BCUT2D eigenvalue weighted by molar-refractivity contribution is 0.0815. The van der Waals surface area contributed by atoms with Gasteiger partial charge in [0.1, 0.15) is 5.82 Å². The molecule has 27 heavy (non-hydrogen) atoms. The van der Waals surface area contributed by atoms with Crippen molar-refractivity contribution in [2.24, 2.45) is 7.05 Å². The van der Waals surface area contributed by atoms with Gasteiger partial charge in [-0.3, -0.25) is 9.48 Å². The van der Waals surface area contributed by atoms with Gasteiger partial charge in [0.15, 0.2) is 0 Å².